The van der Waals surface area contributed by atoms with E-state index in [4.69, 9.17) is 0 Å². The minimum atomic E-state index is 0.308. The molecule has 0 saturated heterocycles. The number of hydrogen-bond acceptors (Lipinski definition) is 3. The van der Waals surface area contributed by atoms with Crippen molar-refractivity contribution in [2.45, 2.75) is 12.5 Å². The van der Waals surface area contributed by atoms with Crippen LogP contribution in [0.3, 0.4) is 0 Å². The Labute approximate surface area is 108 Å². The van der Waals surface area contributed by atoms with Crippen molar-refractivity contribution in [1.29, 1.82) is 0 Å². The fraction of sp³-hybridized carbons (Fsp3) is 0.364. The van der Waals surface area contributed by atoms with Crippen molar-refractivity contribution in [3.63, 3.8) is 0 Å². The summed E-state index contributed by atoms with van der Waals surface area (Å²) in [5, 5.41) is 9.65. The molecular weight excluding hydrogens is 286 g/mol. The Morgan fingerprint density at radius 2 is 2.38 bits per heavy atom. The Bertz CT molecular complexity index is 463. The van der Waals surface area contributed by atoms with Crippen LogP contribution in [0.15, 0.2) is 28.2 Å². The number of aromatic nitrogens is 2. The molecule has 2 aromatic rings. The van der Waals surface area contributed by atoms with E-state index in [1.54, 1.807) is 11.3 Å². The highest BCUT2D eigenvalue weighted by Crippen LogP contribution is 2.27. The van der Waals surface area contributed by atoms with Gasteiger partial charge in [0.05, 0.1) is 11.7 Å². The third kappa shape index (κ3) is 2.36. The van der Waals surface area contributed by atoms with Crippen molar-refractivity contribution < 1.29 is 0 Å². The molecule has 1 N–H and O–H groups in total. The van der Waals surface area contributed by atoms with Crippen LogP contribution >= 0.6 is 27.3 Å². The summed E-state index contributed by atoms with van der Waals surface area (Å²) in [6, 6.07) is 4.46. The van der Waals surface area contributed by atoms with E-state index in [2.05, 4.69) is 43.9 Å². The Morgan fingerprint density at radius 3 is 2.88 bits per heavy atom. The lowest BCUT2D eigenvalue weighted by Crippen LogP contribution is -2.21. The van der Waals surface area contributed by atoms with Crippen LogP contribution in [-0.2, 0) is 13.5 Å². The van der Waals surface area contributed by atoms with Crippen molar-refractivity contribution in [3.05, 3.63) is 38.8 Å². The Kier molecular flexibility index (Phi) is 3.78. The molecule has 0 amide bonds. The lowest BCUT2D eigenvalue weighted by molar-refractivity contribution is 0.540. The predicted molar refractivity (Wildman–Crippen MR) is 70.7 cm³/mol. The zero-order valence-electron chi connectivity index (χ0n) is 9.27. The highest BCUT2D eigenvalue weighted by molar-refractivity contribution is 9.10. The molecule has 5 heteroatoms. The Balaban J connectivity index is 2.19. The Morgan fingerprint density at radius 1 is 1.56 bits per heavy atom. The van der Waals surface area contributed by atoms with Crippen molar-refractivity contribution >= 4 is 27.3 Å². The summed E-state index contributed by atoms with van der Waals surface area (Å²) in [6.07, 6.45) is 2.82. The molecule has 0 aromatic carbocycles. The molecule has 0 saturated carbocycles. The molecule has 0 aliphatic carbocycles. The van der Waals surface area contributed by atoms with Gasteiger partial charge in [0, 0.05) is 29.0 Å². The molecule has 0 spiro atoms. The average Bonchev–Trinajstić information content (AvgIpc) is 2.85. The minimum Gasteiger partial charge on any atom is -0.311 e. The summed E-state index contributed by atoms with van der Waals surface area (Å²) in [5.74, 6) is 0. The van der Waals surface area contributed by atoms with E-state index < -0.39 is 0 Å². The largest absolute Gasteiger partial charge is 0.311 e. The molecule has 0 radical (unpaired) electrons. The monoisotopic (exact) mass is 299 g/mol. The number of thiophene rings is 1. The van der Waals surface area contributed by atoms with Gasteiger partial charge in [0.15, 0.2) is 0 Å². The topological polar surface area (TPSA) is 29.9 Å². The number of nitrogens with one attached hydrogen (secondary N) is 1. The minimum absolute atomic E-state index is 0.308. The average molecular weight is 300 g/mol. The number of likely N-dealkylation sites (N-methyl/N-ethyl adjacent to an activating group) is 1. The van der Waals surface area contributed by atoms with Gasteiger partial charge in [-0.25, -0.2) is 0 Å². The second-order valence-corrected chi connectivity index (χ2v) is 5.47. The number of nitrogens with zero attached hydrogens (tertiary/aromatic N) is 2. The summed E-state index contributed by atoms with van der Waals surface area (Å²) in [6.45, 7) is 0. The molecule has 0 aliphatic rings. The van der Waals surface area contributed by atoms with Crippen molar-refractivity contribution in [3.8, 4) is 0 Å². The van der Waals surface area contributed by atoms with Crippen LogP contribution in [0.5, 0.6) is 0 Å². The summed E-state index contributed by atoms with van der Waals surface area (Å²) in [4.78, 5) is 1.36. The fourth-order valence-electron chi connectivity index (χ4n) is 1.74. The molecule has 1 atom stereocenters. The maximum atomic E-state index is 4.21. The normalized spacial score (nSPS) is 12.9. The first-order chi connectivity index (χ1) is 7.72. The van der Waals surface area contributed by atoms with E-state index in [9.17, 15) is 0 Å². The summed E-state index contributed by atoms with van der Waals surface area (Å²) >= 11 is 5.35. The van der Waals surface area contributed by atoms with Gasteiger partial charge in [-0.05, 0) is 40.5 Å². The molecule has 86 valence electrons. The summed E-state index contributed by atoms with van der Waals surface area (Å²) in [5.41, 5.74) is 1.21. The molecule has 2 aromatic heterocycles. The summed E-state index contributed by atoms with van der Waals surface area (Å²) < 4.78 is 3.11. The second-order valence-electron chi connectivity index (χ2n) is 3.62. The van der Waals surface area contributed by atoms with E-state index in [0.29, 0.717) is 6.04 Å². The molecule has 1 unspecified atom stereocenters. The lowest BCUT2D eigenvalue weighted by atomic mass is 10.1. The van der Waals surface area contributed by atoms with Gasteiger partial charge in [0.25, 0.3) is 0 Å². The van der Waals surface area contributed by atoms with Gasteiger partial charge in [-0.15, -0.1) is 11.3 Å². The van der Waals surface area contributed by atoms with Crippen LogP contribution < -0.4 is 5.32 Å². The smallest absolute Gasteiger partial charge is 0.0553 e. The second kappa shape index (κ2) is 5.12. The first kappa shape index (κ1) is 11.8. The van der Waals surface area contributed by atoms with Crippen LogP contribution in [0.4, 0.5) is 0 Å². The zero-order chi connectivity index (χ0) is 11.5. The molecule has 2 rings (SSSR count). The maximum absolute atomic E-state index is 4.21. The van der Waals surface area contributed by atoms with Gasteiger partial charge >= 0.3 is 0 Å². The van der Waals surface area contributed by atoms with Crippen LogP contribution in [0.25, 0.3) is 0 Å². The summed E-state index contributed by atoms with van der Waals surface area (Å²) in [7, 11) is 3.96. The standard InChI is InChI=1S/C11H14BrN3S/c1-13-9(10-3-5-14-15(10)2)7-11-8(12)4-6-16-11/h3-6,9,13H,7H2,1-2H3. The highest BCUT2D eigenvalue weighted by atomic mass is 79.9. The third-order valence-corrected chi connectivity index (χ3v) is 4.59. The first-order valence-corrected chi connectivity index (χ1v) is 6.76. The van der Waals surface area contributed by atoms with Crippen LogP contribution in [0.1, 0.15) is 16.6 Å². The highest BCUT2D eigenvalue weighted by Gasteiger charge is 2.15. The molecule has 3 nitrogen and oxygen atoms in total. The number of halogens is 1. The molecule has 0 fully saturated rings. The van der Waals surface area contributed by atoms with E-state index in [0.717, 1.165) is 6.42 Å². The number of rotatable bonds is 4. The SMILES string of the molecule is CNC(Cc1sccc1Br)c1ccnn1C. The molecule has 0 aliphatic heterocycles. The zero-order valence-corrected chi connectivity index (χ0v) is 11.7. The van der Waals surface area contributed by atoms with Crippen molar-refractivity contribution in [2.75, 3.05) is 7.05 Å². The number of hydrogen-bond donors (Lipinski definition) is 1. The van der Waals surface area contributed by atoms with E-state index in [1.807, 2.05) is 25.0 Å². The fourth-order valence-corrected chi connectivity index (χ4v) is 3.30. The lowest BCUT2D eigenvalue weighted by Gasteiger charge is -2.15. The third-order valence-electron chi connectivity index (χ3n) is 2.64. The van der Waals surface area contributed by atoms with Crippen molar-refractivity contribution in [1.82, 2.24) is 15.1 Å². The van der Waals surface area contributed by atoms with E-state index in [1.165, 1.54) is 15.0 Å². The first-order valence-electron chi connectivity index (χ1n) is 5.09. The van der Waals surface area contributed by atoms with Gasteiger partial charge < -0.3 is 5.32 Å². The number of aryl methyl sites for hydroxylation is 1. The van der Waals surface area contributed by atoms with Crippen LogP contribution in [0, 0.1) is 0 Å². The molecular formula is C11H14BrN3S. The molecule has 0 bridgehead atoms. The van der Waals surface area contributed by atoms with Gasteiger partial charge in [0.2, 0.25) is 0 Å². The van der Waals surface area contributed by atoms with Crippen molar-refractivity contribution in [2.24, 2.45) is 7.05 Å². The maximum Gasteiger partial charge on any atom is 0.0553 e. The predicted octanol–water partition coefficient (Wildman–Crippen LogP) is 2.75. The Hall–Kier alpha value is -0.650. The van der Waals surface area contributed by atoms with Crippen LogP contribution in [0.2, 0.25) is 0 Å². The van der Waals surface area contributed by atoms with Gasteiger partial charge in [-0.2, -0.15) is 5.10 Å². The molecule has 2 heterocycles. The molecule has 16 heavy (non-hydrogen) atoms. The van der Waals surface area contributed by atoms with Gasteiger partial charge in [0.1, 0.15) is 0 Å². The van der Waals surface area contributed by atoms with Gasteiger partial charge in [-0.3, -0.25) is 4.68 Å². The van der Waals surface area contributed by atoms with Gasteiger partial charge in [-0.1, -0.05) is 0 Å². The van der Waals surface area contributed by atoms with Crippen LogP contribution in [-0.4, -0.2) is 16.8 Å². The van der Waals surface area contributed by atoms with E-state index >= 15 is 0 Å². The van der Waals surface area contributed by atoms with E-state index in [-0.39, 0.29) is 0 Å². The quantitative estimate of drug-likeness (QED) is 0.941.